The summed E-state index contributed by atoms with van der Waals surface area (Å²) in [6, 6.07) is 14.7. The topological polar surface area (TPSA) is 47.6 Å². The van der Waals surface area contributed by atoms with Crippen LogP contribution < -0.4 is 14.8 Å². The van der Waals surface area contributed by atoms with E-state index in [0.717, 1.165) is 17.7 Å². The Balaban J connectivity index is 2.05. The molecule has 2 aromatic carbocycles. The molecule has 0 aliphatic carbocycles. The highest BCUT2D eigenvalue weighted by Crippen LogP contribution is 2.28. The molecule has 0 saturated carbocycles. The van der Waals surface area contributed by atoms with Crippen molar-refractivity contribution >= 4 is 11.8 Å². The smallest absolute Gasteiger partial charge is 0.417 e. The normalized spacial score (nSPS) is 11.6. The molecule has 1 N–H and O–H groups in total. The lowest BCUT2D eigenvalue weighted by Gasteiger charge is -2.15. The van der Waals surface area contributed by atoms with Crippen molar-refractivity contribution in [1.29, 1.82) is 0 Å². The number of ether oxygens (including phenoxy) is 2. The minimum absolute atomic E-state index is 0.338. The molecule has 0 spiro atoms. The SMILES string of the molecule is CC[C@H](C)c1ccccc1OC(=O)Nc1ccc(OC)cc1. The van der Waals surface area contributed by atoms with E-state index in [-0.39, 0.29) is 0 Å². The lowest BCUT2D eigenvalue weighted by Crippen LogP contribution is -2.17. The number of benzene rings is 2. The first-order valence-corrected chi connectivity index (χ1v) is 7.35. The number of hydrogen-bond acceptors (Lipinski definition) is 3. The van der Waals surface area contributed by atoms with Gasteiger partial charge in [0, 0.05) is 5.69 Å². The maximum absolute atomic E-state index is 12.0. The zero-order valence-electron chi connectivity index (χ0n) is 13.1. The van der Waals surface area contributed by atoms with E-state index in [1.165, 1.54) is 0 Å². The molecule has 0 aliphatic rings. The monoisotopic (exact) mass is 299 g/mol. The molecular weight excluding hydrogens is 278 g/mol. The maximum atomic E-state index is 12.0. The molecule has 0 bridgehead atoms. The third-order valence-electron chi connectivity index (χ3n) is 3.60. The van der Waals surface area contributed by atoms with Gasteiger partial charge in [0.05, 0.1) is 7.11 Å². The third-order valence-corrected chi connectivity index (χ3v) is 3.60. The van der Waals surface area contributed by atoms with E-state index in [1.54, 1.807) is 31.4 Å². The van der Waals surface area contributed by atoms with Crippen molar-refractivity contribution < 1.29 is 14.3 Å². The Bertz CT molecular complexity index is 622. The fourth-order valence-electron chi connectivity index (χ4n) is 2.12. The van der Waals surface area contributed by atoms with E-state index >= 15 is 0 Å². The van der Waals surface area contributed by atoms with Gasteiger partial charge in [0.2, 0.25) is 0 Å². The second kappa shape index (κ2) is 7.50. The van der Waals surface area contributed by atoms with Crippen LogP contribution in [0, 0.1) is 0 Å². The molecule has 1 amide bonds. The van der Waals surface area contributed by atoms with E-state index in [9.17, 15) is 4.79 Å². The molecule has 2 aromatic rings. The van der Waals surface area contributed by atoms with Gasteiger partial charge >= 0.3 is 6.09 Å². The summed E-state index contributed by atoms with van der Waals surface area (Å²) in [4.78, 5) is 12.0. The first-order chi connectivity index (χ1) is 10.6. The number of nitrogens with one attached hydrogen (secondary N) is 1. The van der Waals surface area contributed by atoms with E-state index in [4.69, 9.17) is 9.47 Å². The van der Waals surface area contributed by atoms with Gasteiger partial charge in [-0.3, -0.25) is 5.32 Å². The number of para-hydroxylation sites is 1. The fraction of sp³-hybridized carbons (Fsp3) is 0.278. The molecular formula is C18H21NO3. The highest BCUT2D eigenvalue weighted by molar-refractivity contribution is 5.86. The molecule has 0 heterocycles. The molecule has 0 fully saturated rings. The van der Waals surface area contributed by atoms with Crippen molar-refractivity contribution in [2.45, 2.75) is 26.2 Å². The largest absolute Gasteiger partial charge is 0.497 e. The summed E-state index contributed by atoms with van der Waals surface area (Å²) in [7, 11) is 1.60. The summed E-state index contributed by atoms with van der Waals surface area (Å²) in [6.45, 7) is 4.22. The van der Waals surface area contributed by atoms with Crippen LogP contribution in [0.25, 0.3) is 0 Å². The Morgan fingerprint density at radius 3 is 2.45 bits per heavy atom. The average Bonchev–Trinajstić information content (AvgIpc) is 2.55. The molecule has 22 heavy (non-hydrogen) atoms. The van der Waals surface area contributed by atoms with E-state index in [2.05, 4.69) is 19.2 Å². The van der Waals surface area contributed by atoms with Crippen LogP contribution in [0.1, 0.15) is 31.7 Å². The highest BCUT2D eigenvalue weighted by Gasteiger charge is 2.13. The summed E-state index contributed by atoms with van der Waals surface area (Å²) in [5.74, 6) is 1.67. The number of carbonyl (C=O) groups is 1. The van der Waals surface area contributed by atoms with Crippen molar-refractivity contribution in [3.63, 3.8) is 0 Å². The zero-order chi connectivity index (χ0) is 15.9. The van der Waals surface area contributed by atoms with Gasteiger partial charge in [0.15, 0.2) is 0 Å². The van der Waals surface area contributed by atoms with Gasteiger partial charge in [-0.05, 0) is 48.2 Å². The number of anilines is 1. The van der Waals surface area contributed by atoms with Crippen LogP contribution in [0.15, 0.2) is 48.5 Å². The first kappa shape index (κ1) is 15.9. The van der Waals surface area contributed by atoms with Crippen molar-refractivity contribution in [2.75, 3.05) is 12.4 Å². The Kier molecular flexibility index (Phi) is 5.42. The molecule has 0 aromatic heterocycles. The molecule has 0 radical (unpaired) electrons. The van der Waals surface area contributed by atoms with Crippen molar-refractivity contribution in [3.8, 4) is 11.5 Å². The average molecular weight is 299 g/mol. The van der Waals surface area contributed by atoms with Gasteiger partial charge in [-0.25, -0.2) is 4.79 Å². The molecule has 1 atom stereocenters. The van der Waals surface area contributed by atoms with Crippen molar-refractivity contribution in [3.05, 3.63) is 54.1 Å². The summed E-state index contributed by atoms with van der Waals surface area (Å²) in [6.07, 6.45) is 0.487. The number of rotatable bonds is 5. The molecule has 0 aliphatic heterocycles. The Morgan fingerprint density at radius 2 is 1.82 bits per heavy atom. The maximum Gasteiger partial charge on any atom is 0.417 e. The minimum atomic E-state index is -0.499. The van der Waals surface area contributed by atoms with Crippen LogP contribution in [-0.4, -0.2) is 13.2 Å². The minimum Gasteiger partial charge on any atom is -0.497 e. The third kappa shape index (κ3) is 4.01. The second-order valence-corrected chi connectivity index (χ2v) is 5.09. The first-order valence-electron chi connectivity index (χ1n) is 7.35. The molecule has 2 rings (SSSR count). The number of carbonyl (C=O) groups excluding carboxylic acids is 1. The predicted molar refractivity (Wildman–Crippen MR) is 87.8 cm³/mol. The van der Waals surface area contributed by atoms with Crippen LogP contribution in [0.4, 0.5) is 10.5 Å². The number of hydrogen-bond donors (Lipinski definition) is 1. The van der Waals surface area contributed by atoms with Crippen LogP contribution in [0.5, 0.6) is 11.5 Å². The highest BCUT2D eigenvalue weighted by atomic mass is 16.6. The van der Waals surface area contributed by atoms with Gasteiger partial charge in [-0.15, -0.1) is 0 Å². The molecule has 0 unspecified atom stereocenters. The zero-order valence-corrected chi connectivity index (χ0v) is 13.1. The molecule has 4 heteroatoms. The molecule has 0 saturated heterocycles. The molecule has 116 valence electrons. The van der Waals surface area contributed by atoms with E-state index in [0.29, 0.717) is 17.4 Å². The molecule has 4 nitrogen and oxygen atoms in total. The number of methoxy groups -OCH3 is 1. The van der Waals surface area contributed by atoms with Crippen LogP contribution in [-0.2, 0) is 0 Å². The van der Waals surface area contributed by atoms with Crippen molar-refractivity contribution in [2.24, 2.45) is 0 Å². The lowest BCUT2D eigenvalue weighted by atomic mass is 9.98. The Labute approximate surface area is 131 Å². The fourth-order valence-corrected chi connectivity index (χ4v) is 2.12. The van der Waals surface area contributed by atoms with Crippen LogP contribution in [0.2, 0.25) is 0 Å². The number of amides is 1. The van der Waals surface area contributed by atoms with E-state index in [1.807, 2.05) is 24.3 Å². The van der Waals surface area contributed by atoms with Gasteiger partial charge < -0.3 is 9.47 Å². The Hall–Kier alpha value is -2.49. The van der Waals surface area contributed by atoms with Gasteiger partial charge in [-0.2, -0.15) is 0 Å². The van der Waals surface area contributed by atoms with E-state index < -0.39 is 6.09 Å². The lowest BCUT2D eigenvalue weighted by molar-refractivity contribution is 0.214. The quantitative estimate of drug-likeness (QED) is 0.861. The summed E-state index contributed by atoms with van der Waals surface area (Å²) in [5, 5.41) is 2.71. The van der Waals surface area contributed by atoms with Crippen molar-refractivity contribution in [1.82, 2.24) is 0 Å². The summed E-state index contributed by atoms with van der Waals surface area (Å²) < 4.78 is 10.5. The standard InChI is InChI=1S/C18H21NO3/c1-4-13(2)16-7-5-6-8-17(16)22-18(20)19-14-9-11-15(21-3)12-10-14/h5-13H,4H2,1-3H3,(H,19,20)/t13-/m0/s1. The van der Waals surface area contributed by atoms with Gasteiger partial charge in [0.25, 0.3) is 0 Å². The predicted octanol–water partition coefficient (Wildman–Crippen LogP) is 4.82. The van der Waals surface area contributed by atoms with Gasteiger partial charge in [0.1, 0.15) is 11.5 Å². The van der Waals surface area contributed by atoms with Crippen LogP contribution in [0.3, 0.4) is 0 Å². The van der Waals surface area contributed by atoms with Gasteiger partial charge in [-0.1, -0.05) is 32.0 Å². The second-order valence-electron chi connectivity index (χ2n) is 5.09. The summed E-state index contributed by atoms with van der Waals surface area (Å²) in [5.41, 5.74) is 1.70. The Morgan fingerprint density at radius 1 is 1.14 bits per heavy atom. The summed E-state index contributed by atoms with van der Waals surface area (Å²) >= 11 is 0. The van der Waals surface area contributed by atoms with Crippen LogP contribution >= 0.6 is 0 Å².